The Balaban J connectivity index is 1.23. The minimum Gasteiger partial charge on any atom is -0.342 e. The van der Waals surface area contributed by atoms with Crippen LogP contribution in [0.2, 0.25) is 0 Å². The van der Waals surface area contributed by atoms with E-state index in [0.29, 0.717) is 24.3 Å². The van der Waals surface area contributed by atoms with Crippen LogP contribution in [-0.4, -0.2) is 42.3 Å². The number of para-hydroxylation sites is 3. The summed E-state index contributed by atoms with van der Waals surface area (Å²) >= 11 is 0. The summed E-state index contributed by atoms with van der Waals surface area (Å²) in [5, 5.41) is 0. The van der Waals surface area contributed by atoms with Crippen molar-refractivity contribution in [1.82, 2.24) is 14.9 Å². The Labute approximate surface area is 192 Å². The molecule has 1 amide bonds. The van der Waals surface area contributed by atoms with Crippen LogP contribution in [0.3, 0.4) is 0 Å². The molecule has 33 heavy (non-hydrogen) atoms. The van der Waals surface area contributed by atoms with Crippen LogP contribution < -0.4 is 4.72 Å². The lowest BCUT2D eigenvalue weighted by Gasteiger charge is -2.31. The Morgan fingerprint density at radius 2 is 1.58 bits per heavy atom. The average molecular weight is 461 g/mol. The van der Waals surface area contributed by atoms with Gasteiger partial charge in [-0.2, -0.15) is 0 Å². The van der Waals surface area contributed by atoms with E-state index < -0.39 is 10.0 Å². The van der Waals surface area contributed by atoms with E-state index in [-0.39, 0.29) is 16.7 Å². The predicted molar refractivity (Wildman–Crippen MR) is 128 cm³/mol. The van der Waals surface area contributed by atoms with Crippen molar-refractivity contribution in [1.29, 1.82) is 0 Å². The number of carbonyl (C=O) groups excluding carboxylic acids is 1. The number of carbonyl (C=O) groups is 1. The Hall–Kier alpha value is -3.65. The first-order valence-corrected chi connectivity index (χ1v) is 12.4. The van der Waals surface area contributed by atoms with Gasteiger partial charge in [-0.05, 0) is 61.4 Å². The van der Waals surface area contributed by atoms with Gasteiger partial charge in [-0.15, -0.1) is 0 Å². The zero-order valence-electron chi connectivity index (χ0n) is 17.9. The van der Waals surface area contributed by atoms with Gasteiger partial charge in [-0.1, -0.05) is 30.3 Å². The highest BCUT2D eigenvalue weighted by molar-refractivity contribution is 7.92. The maximum absolute atomic E-state index is 13.0. The monoisotopic (exact) mass is 460 g/mol. The molecular formula is C25H24N4O3S. The fourth-order valence-electron chi connectivity index (χ4n) is 4.20. The van der Waals surface area contributed by atoms with Gasteiger partial charge in [0.15, 0.2) is 0 Å². The molecule has 2 heterocycles. The Morgan fingerprint density at radius 1 is 0.909 bits per heavy atom. The van der Waals surface area contributed by atoms with Gasteiger partial charge in [0.1, 0.15) is 5.82 Å². The summed E-state index contributed by atoms with van der Waals surface area (Å²) in [6, 6.07) is 22.8. The number of aromatic amines is 1. The number of nitrogens with zero attached hydrogens (tertiary/aromatic N) is 2. The van der Waals surface area contributed by atoms with Crippen molar-refractivity contribution in [2.75, 3.05) is 17.8 Å². The first-order chi connectivity index (χ1) is 16.0. The number of hydrogen-bond donors (Lipinski definition) is 2. The SMILES string of the molecule is O=C(c1ccc(S(=O)(=O)Nc2ccccc2)cc1)N1CCC(c2nc3ccccc3[nH]2)CC1. The molecule has 0 bridgehead atoms. The molecule has 0 radical (unpaired) electrons. The zero-order chi connectivity index (χ0) is 22.8. The lowest BCUT2D eigenvalue weighted by Crippen LogP contribution is -2.38. The maximum Gasteiger partial charge on any atom is 0.261 e. The number of fused-ring (bicyclic) bond motifs is 1. The molecule has 0 aliphatic carbocycles. The van der Waals surface area contributed by atoms with Gasteiger partial charge in [0, 0.05) is 30.3 Å². The fourth-order valence-corrected chi connectivity index (χ4v) is 5.26. The van der Waals surface area contributed by atoms with E-state index in [1.165, 1.54) is 12.1 Å². The lowest BCUT2D eigenvalue weighted by molar-refractivity contribution is 0.0711. The number of aromatic nitrogens is 2. The van der Waals surface area contributed by atoms with E-state index in [1.807, 2.05) is 35.2 Å². The number of piperidine rings is 1. The Kier molecular flexibility index (Phi) is 5.60. The Morgan fingerprint density at radius 3 is 2.27 bits per heavy atom. The van der Waals surface area contributed by atoms with Gasteiger partial charge in [-0.25, -0.2) is 13.4 Å². The summed E-state index contributed by atoms with van der Waals surface area (Å²) in [6.45, 7) is 1.27. The number of imidazole rings is 1. The van der Waals surface area contributed by atoms with Crippen LogP contribution in [0.5, 0.6) is 0 Å². The van der Waals surface area contributed by atoms with Gasteiger partial charge >= 0.3 is 0 Å². The van der Waals surface area contributed by atoms with Crippen LogP contribution in [0.4, 0.5) is 5.69 Å². The molecule has 0 unspecified atom stereocenters. The van der Waals surface area contributed by atoms with E-state index in [0.717, 1.165) is 29.7 Å². The van der Waals surface area contributed by atoms with E-state index in [2.05, 4.69) is 9.71 Å². The quantitative estimate of drug-likeness (QED) is 0.462. The van der Waals surface area contributed by atoms with Crippen molar-refractivity contribution in [3.63, 3.8) is 0 Å². The number of sulfonamides is 1. The highest BCUT2D eigenvalue weighted by atomic mass is 32.2. The van der Waals surface area contributed by atoms with Crippen LogP contribution >= 0.6 is 0 Å². The van der Waals surface area contributed by atoms with Crippen LogP contribution in [0.15, 0.2) is 83.8 Å². The van der Waals surface area contributed by atoms with Crippen LogP contribution in [0, 0.1) is 0 Å². The van der Waals surface area contributed by atoms with Gasteiger partial charge in [0.2, 0.25) is 0 Å². The third-order valence-corrected chi connectivity index (χ3v) is 7.41. The number of H-pyrrole nitrogens is 1. The summed E-state index contributed by atoms with van der Waals surface area (Å²) < 4.78 is 27.8. The number of rotatable bonds is 5. The zero-order valence-corrected chi connectivity index (χ0v) is 18.8. The minimum atomic E-state index is -3.72. The molecule has 0 atom stereocenters. The predicted octanol–water partition coefficient (Wildman–Crippen LogP) is 4.38. The summed E-state index contributed by atoms with van der Waals surface area (Å²) in [7, 11) is -3.72. The van der Waals surface area contributed by atoms with Crippen molar-refractivity contribution >= 4 is 32.7 Å². The number of amides is 1. The fraction of sp³-hybridized carbons (Fsp3) is 0.200. The molecular weight excluding hydrogens is 436 g/mol. The second kappa shape index (κ2) is 8.71. The van der Waals surface area contributed by atoms with Gasteiger partial charge in [-0.3, -0.25) is 9.52 Å². The van der Waals surface area contributed by atoms with Crippen molar-refractivity contribution in [2.24, 2.45) is 0 Å². The van der Waals surface area contributed by atoms with Gasteiger partial charge < -0.3 is 9.88 Å². The third-order valence-electron chi connectivity index (χ3n) is 6.01. The number of hydrogen-bond acceptors (Lipinski definition) is 4. The van der Waals surface area contributed by atoms with Crippen molar-refractivity contribution in [3.05, 3.63) is 90.3 Å². The molecule has 168 valence electrons. The number of anilines is 1. The number of benzene rings is 3. The molecule has 1 fully saturated rings. The minimum absolute atomic E-state index is 0.0852. The van der Waals surface area contributed by atoms with Crippen molar-refractivity contribution in [2.45, 2.75) is 23.7 Å². The standard InChI is InChI=1S/C25H24N4O3S/c30-25(19-10-12-21(13-11-19)33(31,32)28-20-6-2-1-3-7-20)29-16-14-18(15-17-29)24-26-22-8-4-5-9-23(22)27-24/h1-13,18,28H,14-17H2,(H,26,27). The molecule has 5 rings (SSSR count). The molecule has 1 saturated heterocycles. The molecule has 0 saturated carbocycles. The maximum atomic E-state index is 13.0. The van der Waals surface area contributed by atoms with Crippen LogP contribution in [0.25, 0.3) is 11.0 Å². The summed E-state index contributed by atoms with van der Waals surface area (Å²) in [5.41, 5.74) is 2.96. The summed E-state index contributed by atoms with van der Waals surface area (Å²) in [5.74, 6) is 1.18. The van der Waals surface area contributed by atoms with Crippen LogP contribution in [0.1, 0.15) is 34.9 Å². The number of likely N-dealkylation sites (tertiary alicyclic amines) is 1. The summed E-state index contributed by atoms with van der Waals surface area (Å²) in [6.07, 6.45) is 1.66. The van der Waals surface area contributed by atoms with E-state index in [4.69, 9.17) is 4.98 Å². The smallest absolute Gasteiger partial charge is 0.261 e. The van der Waals surface area contributed by atoms with Crippen molar-refractivity contribution in [3.8, 4) is 0 Å². The molecule has 4 aromatic rings. The number of nitrogens with one attached hydrogen (secondary N) is 2. The lowest BCUT2D eigenvalue weighted by atomic mass is 9.95. The van der Waals surface area contributed by atoms with Crippen LogP contribution in [-0.2, 0) is 10.0 Å². The molecule has 3 aromatic carbocycles. The molecule has 7 nitrogen and oxygen atoms in total. The molecule has 1 aliphatic heterocycles. The van der Waals surface area contributed by atoms with Crippen molar-refractivity contribution < 1.29 is 13.2 Å². The molecule has 8 heteroatoms. The van der Waals surface area contributed by atoms with Gasteiger partial charge in [0.05, 0.1) is 15.9 Å². The average Bonchev–Trinajstić information content (AvgIpc) is 3.29. The topological polar surface area (TPSA) is 95.2 Å². The largest absolute Gasteiger partial charge is 0.342 e. The first kappa shape index (κ1) is 21.2. The molecule has 0 spiro atoms. The van der Waals surface area contributed by atoms with E-state index in [9.17, 15) is 13.2 Å². The van der Waals surface area contributed by atoms with E-state index >= 15 is 0 Å². The second-order valence-corrected chi connectivity index (χ2v) is 9.88. The summed E-state index contributed by atoms with van der Waals surface area (Å²) in [4.78, 5) is 23.0. The second-order valence-electron chi connectivity index (χ2n) is 8.20. The highest BCUT2D eigenvalue weighted by Crippen LogP contribution is 2.28. The van der Waals surface area contributed by atoms with E-state index in [1.54, 1.807) is 36.4 Å². The molecule has 1 aliphatic rings. The highest BCUT2D eigenvalue weighted by Gasteiger charge is 2.26. The normalized spacial score (nSPS) is 15.0. The third kappa shape index (κ3) is 4.47. The first-order valence-electron chi connectivity index (χ1n) is 10.9. The van der Waals surface area contributed by atoms with Gasteiger partial charge in [0.25, 0.3) is 15.9 Å². The molecule has 1 aromatic heterocycles. The molecule has 2 N–H and O–H groups in total. The Bertz CT molecular complexity index is 1340.